The third-order valence-electron chi connectivity index (χ3n) is 4.14. The summed E-state index contributed by atoms with van der Waals surface area (Å²) < 4.78 is 5.12. The summed E-state index contributed by atoms with van der Waals surface area (Å²) in [6.45, 7) is 1.59. The summed E-state index contributed by atoms with van der Waals surface area (Å²) in [5.74, 6) is -1.23. The molecule has 0 saturated carbocycles. The van der Waals surface area contributed by atoms with E-state index in [4.69, 9.17) is 4.74 Å². The number of benzene rings is 1. The number of carbonyl (C=O) groups excluding carboxylic acids is 4. The highest BCUT2D eigenvalue weighted by Crippen LogP contribution is 2.18. The second-order valence-electron chi connectivity index (χ2n) is 6.51. The summed E-state index contributed by atoms with van der Waals surface area (Å²) in [6, 6.07) is 13.3. The molecule has 0 aliphatic heterocycles. The lowest BCUT2D eigenvalue weighted by atomic mass is 10.2. The van der Waals surface area contributed by atoms with Crippen LogP contribution in [0.3, 0.4) is 0 Å². The predicted octanol–water partition coefficient (Wildman–Crippen LogP) is 3.78. The first-order valence-electron chi connectivity index (χ1n) is 9.41. The van der Waals surface area contributed by atoms with Crippen LogP contribution in [0, 0.1) is 0 Å². The third kappa shape index (κ3) is 6.59. The molecule has 0 radical (unpaired) electrons. The molecule has 0 atom stereocenters. The van der Waals surface area contributed by atoms with Crippen LogP contribution >= 0.6 is 22.7 Å². The molecule has 0 aliphatic carbocycles. The fourth-order valence-electron chi connectivity index (χ4n) is 2.60. The van der Waals surface area contributed by atoms with Crippen LogP contribution < -0.4 is 10.6 Å². The van der Waals surface area contributed by atoms with Crippen molar-refractivity contribution in [2.45, 2.75) is 13.3 Å². The van der Waals surface area contributed by atoms with E-state index in [1.54, 1.807) is 30.3 Å². The van der Waals surface area contributed by atoms with Gasteiger partial charge in [-0.1, -0.05) is 6.07 Å². The summed E-state index contributed by atoms with van der Waals surface area (Å²) in [5.41, 5.74) is 0.834. The highest BCUT2D eigenvalue weighted by molar-refractivity contribution is 7.14. The van der Waals surface area contributed by atoms with Gasteiger partial charge < -0.3 is 15.4 Å². The molecule has 0 saturated heterocycles. The molecular formula is C22H20N2O5S2. The zero-order chi connectivity index (χ0) is 22.2. The quantitative estimate of drug-likeness (QED) is 0.377. The van der Waals surface area contributed by atoms with Crippen LogP contribution in [0.15, 0.2) is 53.9 Å². The standard InChI is InChI=1S/C22H20N2O5S2/c1-14(25)23-11-10-17-8-9-19(31-17)18(26)13-29-22(28)15-4-6-16(7-5-15)24-21(27)20-3-2-12-30-20/h2-9,12H,10-11,13H2,1H3,(H,23,25)(H,24,27). The van der Waals surface area contributed by atoms with Gasteiger partial charge in [0, 0.05) is 24.0 Å². The molecule has 2 aromatic heterocycles. The van der Waals surface area contributed by atoms with Gasteiger partial charge in [0.25, 0.3) is 5.91 Å². The maximum absolute atomic E-state index is 12.3. The molecule has 31 heavy (non-hydrogen) atoms. The molecule has 0 aliphatic rings. The zero-order valence-corrected chi connectivity index (χ0v) is 18.3. The molecule has 2 N–H and O–H groups in total. The first kappa shape index (κ1) is 22.4. The molecule has 9 heteroatoms. The number of anilines is 1. The van der Waals surface area contributed by atoms with Crippen molar-refractivity contribution in [2.75, 3.05) is 18.5 Å². The molecule has 160 valence electrons. The normalized spacial score (nSPS) is 10.4. The smallest absolute Gasteiger partial charge is 0.338 e. The monoisotopic (exact) mass is 456 g/mol. The number of ketones is 1. The molecule has 2 heterocycles. The Balaban J connectivity index is 1.48. The Morgan fingerprint density at radius 1 is 0.968 bits per heavy atom. The number of nitrogens with one attached hydrogen (secondary N) is 2. The minimum absolute atomic E-state index is 0.0994. The van der Waals surface area contributed by atoms with E-state index in [0.29, 0.717) is 28.4 Å². The van der Waals surface area contributed by atoms with Crippen molar-refractivity contribution in [1.29, 1.82) is 0 Å². The first-order chi connectivity index (χ1) is 14.9. The van der Waals surface area contributed by atoms with Crippen molar-refractivity contribution < 1.29 is 23.9 Å². The van der Waals surface area contributed by atoms with E-state index < -0.39 is 5.97 Å². The first-order valence-corrected chi connectivity index (χ1v) is 11.1. The fourth-order valence-corrected chi connectivity index (χ4v) is 4.15. The molecule has 7 nitrogen and oxygen atoms in total. The van der Waals surface area contributed by atoms with Crippen LogP contribution in [0.5, 0.6) is 0 Å². The summed E-state index contributed by atoms with van der Waals surface area (Å²) in [6.07, 6.45) is 0.632. The van der Waals surface area contributed by atoms with E-state index in [1.165, 1.54) is 41.7 Å². The van der Waals surface area contributed by atoms with Crippen molar-refractivity contribution in [3.8, 4) is 0 Å². The van der Waals surface area contributed by atoms with E-state index in [1.807, 2.05) is 11.4 Å². The van der Waals surface area contributed by atoms with Crippen LogP contribution in [0.1, 0.15) is 41.5 Å². The lowest BCUT2D eigenvalue weighted by Crippen LogP contribution is -2.22. The van der Waals surface area contributed by atoms with Crippen molar-refractivity contribution in [2.24, 2.45) is 0 Å². The van der Waals surface area contributed by atoms with Crippen molar-refractivity contribution in [3.63, 3.8) is 0 Å². The number of esters is 1. The van der Waals surface area contributed by atoms with E-state index in [2.05, 4.69) is 10.6 Å². The van der Waals surface area contributed by atoms with Gasteiger partial charge in [-0.25, -0.2) is 4.79 Å². The van der Waals surface area contributed by atoms with Crippen LogP contribution in [-0.4, -0.2) is 36.7 Å². The van der Waals surface area contributed by atoms with Crippen LogP contribution in [0.2, 0.25) is 0 Å². The molecule has 0 unspecified atom stereocenters. The molecule has 0 spiro atoms. The summed E-state index contributed by atoms with van der Waals surface area (Å²) in [7, 11) is 0. The average Bonchev–Trinajstić information content (AvgIpc) is 3.44. The van der Waals surface area contributed by atoms with Gasteiger partial charge in [-0.05, 0) is 54.3 Å². The van der Waals surface area contributed by atoms with E-state index in [0.717, 1.165) is 4.88 Å². The SMILES string of the molecule is CC(=O)NCCc1ccc(C(=O)COC(=O)c2ccc(NC(=O)c3cccs3)cc2)s1. The Morgan fingerprint density at radius 3 is 2.42 bits per heavy atom. The summed E-state index contributed by atoms with van der Waals surface area (Å²) >= 11 is 2.65. The third-order valence-corrected chi connectivity index (χ3v) is 6.19. The van der Waals surface area contributed by atoms with Gasteiger partial charge in [0.2, 0.25) is 11.7 Å². The maximum Gasteiger partial charge on any atom is 0.338 e. The van der Waals surface area contributed by atoms with Gasteiger partial charge >= 0.3 is 5.97 Å². The van der Waals surface area contributed by atoms with Gasteiger partial charge in [0.15, 0.2) is 6.61 Å². The summed E-state index contributed by atoms with van der Waals surface area (Å²) in [4.78, 5) is 49.5. The van der Waals surface area contributed by atoms with Crippen LogP contribution in [-0.2, 0) is 16.0 Å². The van der Waals surface area contributed by atoms with Gasteiger partial charge in [-0.2, -0.15) is 0 Å². The van der Waals surface area contributed by atoms with Crippen LogP contribution in [0.25, 0.3) is 0 Å². The van der Waals surface area contributed by atoms with Gasteiger partial charge in [0.05, 0.1) is 15.3 Å². The Bertz CT molecular complexity index is 1070. The largest absolute Gasteiger partial charge is 0.454 e. The van der Waals surface area contributed by atoms with E-state index in [-0.39, 0.29) is 29.8 Å². The topological polar surface area (TPSA) is 102 Å². The predicted molar refractivity (Wildman–Crippen MR) is 120 cm³/mol. The van der Waals surface area contributed by atoms with Crippen molar-refractivity contribution in [3.05, 3.63) is 74.1 Å². The number of rotatable bonds is 9. The van der Waals surface area contributed by atoms with Crippen molar-refractivity contribution >= 4 is 51.9 Å². The highest BCUT2D eigenvalue weighted by Gasteiger charge is 2.14. The van der Waals surface area contributed by atoms with Crippen molar-refractivity contribution in [1.82, 2.24) is 5.32 Å². The molecule has 1 aromatic carbocycles. The number of hydrogen-bond acceptors (Lipinski definition) is 7. The van der Waals surface area contributed by atoms with E-state index in [9.17, 15) is 19.2 Å². The fraction of sp³-hybridized carbons (Fsp3) is 0.182. The Labute approximate surface area is 187 Å². The minimum Gasteiger partial charge on any atom is -0.454 e. The number of thiophene rings is 2. The molecule has 0 fully saturated rings. The van der Waals surface area contributed by atoms with Gasteiger partial charge in [0.1, 0.15) is 0 Å². The van der Waals surface area contributed by atoms with Crippen LogP contribution in [0.4, 0.5) is 5.69 Å². The second-order valence-corrected chi connectivity index (χ2v) is 8.62. The number of ether oxygens (including phenoxy) is 1. The molecule has 0 bridgehead atoms. The molecule has 3 aromatic rings. The maximum atomic E-state index is 12.3. The van der Waals surface area contributed by atoms with Gasteiger partial charge in [-0.15, -0.1) is 22.7 Å². The lowest BCUT2D eigenvalue weighted by Gasteiger charge is -2.06. The lowest BCUT2D eigenvalue weighted by molar-refractivity contribution is -0.118. The summed E-state index contributed by atoms with van der Waals surface area (Å²) in [5, 5.41) is 7.27. The zero-order valence-electron chi connectivity index (χ0n) is 16.7. The Kier molecular flexibility index (Phi) is 7.69. The Hall–Kier alpha value is -3.30. The second kappa shape index (κ2) is 10.6. The molecule has 3 rings (SSSR count). The Morgan fingerprint density at radius 2 is 1.74 bits per heavy atom. The average molecular weight is 457 g/mol. The number of amides is 2. The van der Waals surface area contributed by atoms with Gasteiger partial charge in [-0.3, -0.25) is 14.4 Å². The highest BCUT2D eigenvalue weighted by atomic mass is 32.1. The van der Waals surface area contributed by atoms with E-state index >= 15 is 0 Å². The number of carbonyl (C=O) groups is 4. The minimum atomic E-state index is -0.619. The number of Topliss-reactive ketones (excluding diaryl/α,β-unsaturated/α-hetero) is 1. The molecule has 2 amide bonds. The number of hydrogen-bond donors (Lipinski definition) is 2. The molecular weight excluding hydrogens is 436 g/mol.